The highest BCUT2D eigenvalue weighted by Crippen LogP contribution is 2.48. The van der Waals surface area contributed by atoms with Crippen LogP contribution in [-0.2, 0) is 4.79 Å². The maximum atomic E-state index is 11.8. The summed E-state index contributed by atoms with van der Waals surface area (Å²) in [6.45, 7) is 2.21. The lowest BCUT2D eigenvalue weighted by molar-refractivity contribution is -0.129. The Balaban J connectivity index is 2.23. The number of Topliss-reactive ketones (excluding diaryl/α,β-unsaturated/α-hetero) is 1. The first-order valence-electron chi connectivity index (χ1n) is 5.27. The molecule has 0 aliphatic heterocycles. The van der Waals surface area contributed by atoms with Crippen LogP contribution in [0.5, 0.6) is 0 Å². The Bertz CT molecular complexity index is 197. The molecule has 0 unspecified atom stereocenters. The molecule has 0 aromatic carbocycles. The third kappa shape index (κ3) is 1.10. The highest BCUT2D eigenvalue weighted by atomic mass is 16.1. The van der Waals surface area contributed by atoms with Crippen LogP contribution >= 0.6 is 0 Å². The average Bonchev–Trinajstić information content (AvgIpc) is 2.37. The molecule has 0 aromatic rings. The molecule has 0 amide bonds. The van der Waals surface area contributed by atoms with Crippen molar-refractivity contribution in [3.63, 3.8) is 0 Å². The van der Waals surface area contributed by atoms with E-state index in [0.29, 0.717) is 5.78 Å². The van der Waals surface area contributed by atoms with Crippen molar-refractivity contribution >= 4 is 5.78 Å². The average molecular weight is 166 g/mol. The van der Waals surface area contributed by atoms with E-state index in [1.165, 1.54) is 25.7 Å². The maximum Gasteiger partial charge on any atom is 0.139 e. The number of fused-ring (bicyclic) bond motifs is 1. The van der Waals surface area contributed by atoms with Gasteiger partial charge in [-0.2, -0.15) is 0 Å². The topological polar surface area (TPSA) is 17.1 Å². The van der Waals surface area contributed by atoms with E-state index in [1.54, 1.807) is 0 Å². The van der Waals surface area contributed by atoms with Crippen molar-refractivity contribution in [3.8, 4) is 0 Å². The summed E-state index contributed by atoms with van der Waals surface area (Å²) >= 11 is 0. The van der Waals surface area contributed by atoms with E-state index in [2.05, 4.69) is 6.92 Å². The van der Waals surface area contributed by atoms with Gasteiger partial charge in [0.1, 0.15) is 5.78 Å². The number of rotatable bonds is 0. The number of ketones is 1. The summed E-state index contributed by atoms with van der Waals surface area (Å²) in [5, 5.41) is 0. The van der Waals surface area contributed by atoms with Gasteiger partial charge in [-0.25, -0.2) is 0 Å². The first-order valence-corrected chi connectivity index (χ1v) is 5.27. The Kier molecular flexibility index (Phi) is 1.97. The summed E-state index contributed by atoms with van der Waals surface area (Å²) in [4.78, 5) is 11.8. The SMILES string of the molecule is C[C@]12CCC[C@H]1CCCCC2=O. The number of hydrogen-bond acceptors (Lipinski definition) is 1. The summed E-state index contributed by atoms with van der Waals surface area (Å²) in [6.07, 6.45) is 8.35. The number of carbonyl (C=O) groups excluding carboxylic acids is 1. The zero-order valence-corrected chi connectivity index (χ0v) is 7.94. The van der Waals surface area contributed by atoms with Crippen molar-refractivity contribution in [1.29, 1.82) is 0 Å². The summed E-state index contributed by atoms with van der Waals surface area (Å²) < 4.78 is 0. The van der Waals surface area contributed by atoms with Gasteiger partial charge < -0.3 is 0 Å². The van der Waals surface area contributed by atoms with Gasteiger partial charge in [-0.05, 0) is 31.6 Å². The number of carbonyl (C=O) groups is 1. The highest BCUT2D eigenvalue weighted by Gasteiger charge is 2.44. The van der Waals surface area contributed by atoms with E-state index < -0.39 is 0 Å². The van der Waals surface area contributed by atoms with Gasteiger partial charge in [-0.15, -0.1) is 0 Å². The lowest BCUT2D eigenvalue weighted by atomic mass is 9.75. The largest absolute Gasteiger partial charge is 0.299 e. The number of hydrogen-bond donors (Lipinski definition) is 0. The Morgan fingerprint density at radius 1 is 1.25 bits per heavy atom. The minimum Gasteiger partial charge on any atom is -0.299 e. The third-order valence-electron chi connectivity index (χ3n) is 3.99. The predicted molar refractivity (Wildman–Crippen MR) is 48.9 cm³/mol. The van der Waals surface area contributed by atoms with Crippen LogP contribution in [0.4, 0.5) is 0 Å². The summed E-state index contributed by atoms with van der Waals surface area (Å²) in [5.74, 6) is 1.29. The third-order valence-corrected chi connectivity index (χ3v) is 3.99. The smallest absolute Gasteiger partial charge is 0.139 e. The van der Waals surface area contributed by atoms with Gasteiger partial charge in [0.25, 0.3) is 0 Å². The maximum absolute atomic E-state index is 11.8. The Hall–Kier alpha value is -0.330. The van der Waals surface area contributed by atoms with Crippen LogP contribution in [0.25, 0.3) is 0 Å². The highest BCUT2D eigenvalue weighted by molar-refractivity contribution is 5.85. The fraction of sp³-hybridized carbons (Fsp3) is 0.909. The minimum atomic E-state index is 0.0938. The molecule has 68 valence electrons. The molecule has 1 heteroatoms. The summed E-state index contributed by atoms with van der Waals surface area (Å²) in [5.41, 5.74) is 0.0938. The van der Waals surface area contributed by atoms with Crippen LogP contribution in [-0.4, -0.2) is 5.78 Å². The Morgan fingerprint density at radius 3 is 2.83 bits per heavy atom. The zero-order valence-electron chi connectivity index (χ0n) is 7.94. The van der Waals surface area contributed by atoms with E-state index in [9.17, 15) is 4.79 Å². The quantitative estimate of drug-likeness (QED) is 0.540. The van der Waals surface area contributed by atoms with E-state index >= 15 is 0 Å². The lowest BCUT2D eigenvalue weighted by Crippen LogP contribution is -2.29. The van der Waals surface area contributed by atoms with Crippen LogP contribution in [0, 0.1) is 11.3 Å². The van der Waals surface area contributed by atoms with Gasteiger partial charge in [0.15, 0.2) is 0 Å². The van der Waals surface area contributed by atoms with Crippen LogP contribution in [0.2, 0.25) is 0 Å². The van der Waals surface area contributed by atoms with Gasteiger partial charge in [-0.3, -0.25) is 4.79 Å². The van der Waals surface area contributed by atoms with Crippen molar-refractivity contribution < 1.29 is 4.79 Å². The molecule has 0 heterocycles. The minimum absolute atomic E-state index is 0.0938. The molecule has 0 aromatic heterocycles. The van der Waals surface area contributed by atoms with Crippen molar-refractivity contribution in [2.24, 2.45) is 11.3 Å². The molecule has 0 saturated heterocycles. The van der Waals surface area contributed by atoms with Crippen LogP contribution in [0.1, 0.15) is 51.9 Å². The monoisotopic (exact) mass is 166 g/mol. The standard InChI is InChI=1S/C11H18O/c1-11-8-4-6-9(11)5-2-3-7-10(11)12/h9H,2-8H2,1H3/t9-,11+/m1/s1. The van der Waals surface area contributed by atoms with Gasteiger partial charge in [0, 0.05) is 11.8 Å². The summed E-state index contributed by atoms with van der Waals surface area (Å²) in [7, 11) is 0. The molecular formula is C11H18O. The molecule has 2 aliphatic carbocycles. The molecule has 2 atom stereocenters. The molecule has 2 saturated carbocycles. The first-order chi connectivity index (χ1) is 5.73. The Morgan fingerprint density at radius 2 is 2.00 bits per heavy atom. The van der Waals surface area contributed by atoms with Gasteiger partial charge in [0.2, 0.25) is 0 Å². The molecule has 2 aliphatic rings. The van der Waals surface area contributed by atoms with Gasteiger partial charge in [-0.1, -0.05) is 19.8 Å². The van der Waals surface area contributed by atoms with E-state index in [-0.39, 0.29) is 5.41 Å². The van der Waals surface area contributed by atoms with Crippen molar-refractivity contribution in [2.75, 3.05) is 0 Å². The van der Waals surface area contributed by atoms with E-state index in [4.69, 9.17) is 0 Å². The fourth-order valence-electron chi connectivity index (χ4n) is 3.03. The van der Waals surface area contributed by atoms with Crippen molar-refractivity contribution in [3.05, 3.63) is 0 Å². The van der Waals surface area contributed by atoms with Crippen LogP contribution in [0.3, 0.4) is 0 Å². The van der Waals surface area contributed by atoms with E-state index in [1.807, 2.05) is 0 Å². The van der Waals surface area contributed by atoms with Crippen molar-refractivity contribution in [1.82, 2.24) is 0 Å². The lowest BCUT2D eigenvalue weighted by Gasteiger charge is -2.27. The molecule has 2 rings (SSSR count). The fourth-order valence-corrected chi connectivity index (χ4v) is 3.03. The first kappa shape index (κ1) is 8.28. The second kappa shape index (κ2) is 2.86. The second-order valence-electron chi connectivity index (χ2n) is 4.68. The van der Waals surface area contributed by atoms with Crippen LogP contribution in [0.15, 0.2) is 0 Å². The summed E-state index contributed by atoms with van der Waals surface area (Å²) in [6, 6.07) is 0. The molecule has 12 heavy (non-hydrogen) atoms. The Labute approximate surface area is 74.5 Å². The zero-order chi connectivity index (χ0) is 8.60. The molecular weight excluding hydrogens is 148 g/mol. The molecule has 0 N–H and O–H groups in total. The second-order valence-corrected chi connectivity index (χ2v) is 4.68. The van der Waals surface area contributed by atoms with E-state index in [0.717, 1.165) is 25.2 Å². The molecule has 1 nitrogen and oxygen atoms in total. The molecule has 0 bridgehead atoms. The molecule has 2 fully saturated rings. The van der Waals surface area contributed by atoms with Crippen molar-refractivity contribution in [2.45, 2.75) is 51.9 Å². The normalized spacial score (nSPS) is 42.4. The predicted octanol–water partition coefficient (Wildman–Crippen LogP) is 2.94. The molecule has 0 radical (unpaired) electrons. The van der Waals surface area contributed by atoms with Crippen LogP contribution < -0.4 is 0 Å². The van der Waals surface area contributed by atoms with Gasteiger partial charge in [0.05, 0.1) is 0 Å². The van der Waals surface area contributed by atoms with Gasteiger partial charge >= 0.3 is 0 Å². The molecule has 0 spiro atoms.